The number of hydrogen-bond acceptors (Lipinski definition) is 4. The predicted octanol–water partition coefficient (Wildman–Crippen LogP) is 1.22. The van der Waals surface area contributed by atoms with Crippen molar-refractivity contribution in [2.24, 2.45) is 0 Å². The molecule has 0 saturated carbocycles. The predicted molar refractivity (Wildman–Crippen MR) is 62.3 cm³/mol. The topological polar surface area (TPSA) is 61.7 Å². The fraction of sp³-hybridized carbons (Fsp3) is 0.400. The van der Waals surface area contributed by atoms with E-state index in [0.29, 0.717) is 0 Å². The third kappa shape index (κ3) is 3.37. The molecule has 5 heteroatoms. The van der Waals surface area contributed by atoms with Crippen LogP contribution in [0.2, 0.25) is 0 Å². The van der Waals surface area contributed by atoms with Crippen molar-refractivity contribution in [3.8, 4) is 5.75 Å². The molecule has 0 aliphatic heterocycles. The van der Waals surface area contributed by atoms with Gasteiger partial charge in [-0.1, -0.05) is 0 Å². The van der Waals surface area contributed by atoms with Crippen LogP contribution in [0, 0.1) is 0 Å². The molecule has 0 atom stereocenters. The number of anilines is 1. The molecule has 0 fully saturated rings. The monoisotopic (exact) mass is 275 g/mol. The van der Waals surface area contributed by atoms with E-state index in [1.165, 1.54) is 0 Å². The van der Waals surface area contributed by atoms with Gasteiger partial charge in [0.15, 0.2) is 0 Å². The summed E-state index contributed by atoms with van der Waals surface area (Å²) in [6.45, 7) is -0.222. The van der Waals surface area contributed by atoms with Crippen molar-refractivity contribution < 1.29 is 14.9 Å². The molecular weight excluding hydrogens is 262 g/mol. The molecule has 0 amide bonds. The molecule has 1 aromatic rings. The van der Waals surface area contributed by atoms with E-state index in [4.69, 9.17) is 14.9 Å². The fourth-order valence-electron chi connectivity index (χ4n) is 1.14. The molecule has 84 valence electrons. The Hall–Kier alpha value is -0.780. The minimum Gasteiger partial charge on any atom is -0.496 e. The lowest BCUT2D eigenvalue weighted by Crippen LogP contribution is -2.27. The highest BCUT2D eigenvalue weighted by molar-refractivity contribution is 9.10. The second-order valence-corrected chi connectivity index (χ2v) is 3.91. The van der Waals surface area contributed by atoms with Crippen LogP contribution >= 0.6 is 15.9 Å². The summed E-state index contributed by atoms with van der Waals surface area (Å²) < 4.78 is 5.91. The Bertz CT molecular complexity index is 316. The average Bonchev–Trinajstić information content (AvgIpc) is 2.26. The van der Waals surface area contributed by atoms with Crippen LogP contribution in [0.1, 0.15) is 0 Å². The van der Waals surface area contributed by atoms with Crippen molar-refractivity contribution in [2.75, 3.05) is 25.6 Å². The van der Waals surface area contributed by atoms with Gasteiger partial charge in [0.25, 0.3) is 0 Å². The molecule has 0 heterocycles. The van der Waals surface area contributed by atoms with Crippen LogP contribution in [0.4, 0.5) is 5.69 Å². The standard InChI is InChI=1S/C10H14BrNO3/c1-15-10-3-2-7(4-9(10)11)12-8(5-13)6-14/h2-4,8,12-14H,5-6H2,1H3. The van der Waals surface area contributed by atoms with E-state index < -0.39 is 0 Å². The van der Waals surface area contributed by atoms with Crippen molar-refractivity contribution in [3.05, 3.63) is 22.7 Å². The van der Waals surface area contributed by atoms with Crippen molar-refractivity contribution in [2.45, 2.75) is 6.04 Å². The summed E-state index contributed by atoms with van der Waals surface area (Å²) in [7, 11) is 1.59. The van der Waals surface area contributed by atoms with E-state index in [1.807, 2.05) is 12.1 Å². The first kappa shape index (κ1) is 12.3. The number of ether oxygens (including phenoxy) is 1. The lowest BCUT2D eigenvalue weighted by Gasteiger charge is -2.15. The lowest BCUT2D eigenvalue weighted by atomic mass is 10.2. The molecule has 0 spiro atoms. The average molecular weight is 276 g/mol. The Balaban J connectivity index is 2.74. The van der Waals surface area contributed by atoms with Gasteiger partial charge in [0, 0.05) is 5.69 Å². The zero-order valence-electron chi connectivity index (χ0n) is 8.40. The van der Waals surface area contributed by atoms with E-state index >= 15 is 0 Å². The number of methoxy groups -OCH3 is 1. The number of nitrogens with one attached hydrogen (secondary N) is 1. The molecule has 1 aromatic carbocycles. The molecule has 0 unspecified atom stereocenters. The second kappa shape index (κ2) is 5.95. The number of rotatable bonds is 5. The Morgan fingerprint density at radius 3 is 2.53 bits per heavy atom. The van der Waals surface area contributed by atoms with Gasteiger partial charge < -0.3 is 20.3 Å². The second-order valence-electron chi connectivity index (χ2n) is 3.06. The number of aliphatic hydroxyl groups excluding tert-OH is 2. The van der Waals surface area contributed by atoms with Gasteiger partial charge in [-0.3, -0.25) is 0 Å². The highest BCUT2D eigenvalue weighted by Crippen LogP contribution is 2.27. The Morgan fingerprint density at radius 1 is 1.40 bits per heavy atom. The molecule has 1 rings (SSSR count). The molecular formula is C10H14BrNO3. The smallest absolute Gasteiger partial charge is 0.133 e. The zero-order chi connectivity index (χ0) is 11.3. The molecule has 0 aromatic heterocycles. The largest absolute Gasteiger partial charge is 0.496 e. The number of aliphatic hydroxyl groups is 2. The van der Waals surface area contributed by atoms with Crippen LogP contribution in [0.5, 0.6) is 5.75 Å². The van der Waals surface area contributed by atoms with Crippen molar-refractivity contribution in [3.63, 3.8) is 0 Å². The van der Waals surface area contributed by atoms with Crippen molar-refractivity contribution >= 4 is 21.6 Å². The first-order valence-electron chi connectivity index (χ1n) is 4.53. The minimum atomic E-state index is -0.342. The highest BCUT2D eigenvalue weighted by Gasteiger charge is 2.06. The first-order valence-corrected chi connectivity index (χ1v) is 5.32. The number of halogens is 1. The summed E-state index contributed by atoms with van der Waals surface area (Å²) in [5.74, 6) is 0.741. The Kier molecular flexibility index (Phi) is 4.87. The van der Waals surface area contributed by atoms with Crippen molar-refractivity contribution in [1.29, 1.82) is 0 Å². The highest BCUT2D eigenvalue weighted by atomic mass is 79.9. The number of hydrogen-bond donors (Lipinski definition) is 3. The van der Waals surface area contributed by atoms with Crippen LogP contribution < -0.4 is 10.1 Å². The first-order chi connectivity index (χ1) is 7.21. The Morgan fingerprint density at radius 2 is 2.07 bits per heavy atom. The molecule has 3 N–H and O–H groups in total. The molecule has 0 bridgehead atoms. The van der Waals surface area contributed by atoms with Crippen LogP contribution in [-0.4, -0.2) is 36.6 Å². The lowest BCUT2D eigenvalue weighted by molar-refractivity contribution is 0.204. The van der Waals surface area contributed by atoms with Gasteiger partial charge >= 0.3 is 0 Å². The maximum absolute atomic E-state index is 8.90. The third-order valence-electron chi connectivity index (χ3n) is 1.96. The zero-order valence-corrected chi connectivity index (χ0v) is 9.99. The minimum absolute atomic E-state index is 0.111. The van der Waals surface area contributed by atoms with E-state index in [1.54, 1.807) is 13.2 Å². The molecule has 0 radical (unpaired) electrons. The van der Waals surface area contributed by atoms with Crippen LogP contribution in [0.15, 0.2) is 22.7 Å². The number of benzene rings is 1. The van der Waals surface area contributed by atoms with Crippen LogP contribution in [0.25, 0.3) is 0 Å². The van der Waals surface area contributed by atoms with Gasteiger partial charge in [-0.05, 0) is 34.1 Å². The van der Waals surface area contributed by atoms with Gasteiger partial charge in [-0.2, -0.15) is 0 Å². The maximum Gasteiger partial charge on any atom is 0.133 e. The van der Waals surface area contributed by atoms with E-state index in [0.717, 1.165) is 15.9 Å². The fourth-order valence-corrected chi connectivity index (χ4v) is 1.68. The molecule has 4 nitrogen and oxygen atoms in total. The van der Waals surface area contributed by atoms with Gasteiger partial charge in [-0.15, -0.1) is 0 Å². The summed E-state index contributed by atoms with van der Waals surface area (Å²) in [6, 6.07) is 5.11. The van der Waals surface area contributed by atoms with Crippen LogP contribution in [0.3, 0.4) is 0 Å². The SMILES string of the molecule is COc1ccc(NC(CO)CO)cc1Br. The maximum atomic E-state index is 8.90. The third-order valence-corrected chi connectivity index (χ3v) is 2.58. The normalized spacial score (nSPS) is 10.5. The molecule has 15 heavy (non-hydrogen) atoms. The van der Waals surface area contributed by atoms with Gasteiger partial charge in [0.2, 0.25) is 0 Å². The van der Waals surface area contributed by atoms with Crippen LogP contribution in [-0.2, 0) is 0 Å². The van der Waals surface area contributed by atoms with Gasteiger partial charge in [0.1, 0.15) is 5.75 Å². The summed E-state index contributed by atoms with van der Waals surface area (Å²) >= 11 is 3.35. The Labute approximate surface area is 97.0 Å². The summed E-state index contributed by atoms with van der Waals surface area (Å²) in [5.41, 5.74) is 0.816. The van der Waals surface area contributed by atoms with Gasteiger partial charge in [-0.25, -0.2) is 0 Å². The summed E-state index contributed by atoms with van der Waals surface area (Å²) in [5, 5.41) is 20.8. The van der Waals surface area contributed by atoms with E-state index in [-0.39, 0.29) is 19.3 Å². The quantitative estimate of drug-likeness (QED) is 0.756. The van der Waals surface area contributed by atoms with Gasteiger partial charge in [0.05, 0.1) is 30.8 Å². The molecule has 0 aliphatic rings. The molecule has 0 saturated heterocycles. The summed E-state index contributed by atoms with van der Waals surface area (Å²) in [4.78, 5) is 0. The van der Waals surface area contributed by atoms with Crippen molar-refractivity contribution in [1.82, 2.24) is 0 Å². The van der Waals surface area contributed by atoms with E-state index in [9.17, 15) is 0 Å². The van der Waals surface area contributed by atoms with E-state index in [2.05, 4.69) is 21.2 Å². The summed E-state index contributed by atoms with van der Waals surface area (Å²) in [6.07, 6.45) is 0. The molecule has 0 aliphatic carbocycles.